The van der Waals surface area contributed by atoms with Crippen LogP contribution < -0.4 is 4.90 Å². The molecule has 2 aromatic rings. The molecule has 0 saturated carbocycles. The van der Waals surface area contributed by atoms with Crippen molar-refractivity contribution < 1.29 is 9.13 Å². The van der Waals surface area contributed by atoms with Crippen LogP contribution >= 0.6 is 23.2 Å². The number of hydrogen-bond donors (Lipinski definition) is 0. The van der Waals surface area contributed by atoms with Crippen LogP contribution in [0, 0.1) is 23.1 Å². The Labute approximate surface area is 141 Å². The van der Waals surface area contributed by atoms with Gasteiger partial charge in [-0.3, -0.25) is 0 Å². The number of pyridine rings is 1. The number of hydrogen-bond acceptors (Lipinski definition) is 6. The van der Waals surface area contributed by atoms with E-state index in [9.17, 15) is 4.39 Å². The zero-order valence-electron chi connectivity index (χ0n) is 12.0. The number of anilines is 1. The molecular weight excluding hydrogens is 344 g/mol. The third-order valence-corrected chi connectivity index (χ3v) is 4.04. The summed E-state index contributed by atoms with van der Waals surface area (Å²) < 4.78 is 19.7. The van der Waals surface area contributed by atoms with Crippen molar-refractivity contribution >= 4 is 39.9 Å². The zero-order valence-corrected chi connectivity index (χ0v) is 13.5. The van der Waals surface area contributed by atoms with Gasteiger partial charge in [0.1, 0.15) is 11.3 Å². The molecule has 1 atom stereocenters. The molecule has 2 aromatic heterocycles. The van der Waals surface area contributed by atoms with Gasteiger partial charge >= 0.3 is 0 Å². The predicted octanol–water partition coefficient (Wildman–Crippen LogP) is 2.84. The molecule has 0 aromatic carbocycles. The predicted molar refractivity (Wildman–Crippen MR) is 84.1 cm³/mol. The van der Waals surface area contributed by atoms with Crippen molar-refractivity contribution in [2.75, 3.05) is 31.2 Å². The number of fused-ring (bicyclic) bond motifs is 1. The van der Waals surface area contributed by atoms with E-state index in [2.05, 4.69) is 21.0 Å². The van der Waals surface area contributed by atoms with Gasteiger partial charge in [-0.15, -0.1) is 0 Å². The second-order valence-corrected chi connectivity index (χ2v) is 5.89. The highest BCUT2D eigenvalue weighted by Gasteiger charge is 2.23. The van der Waals surface area contributed by atoms with Crippen LogP contribution in [0.1, 0.15) is 6.42 Å². The maximum atomic E-state index is 14.2. The Balaban J connectivity index is 2.08. The molecule has 1 saturated heterocycles. The lowest BCUT2D eigenvalue weighted by molar-refractivity contribution is 0.125. The maximum Gasteiger partial charge on any atom is 0.225 e. The molecule has 9 heteroatoms. The lowest BCUT2D eigenvalue weighted by atomic mass is 10.1. The molecule has 0 spiro atoms. The smallest absolute Gasteiger partial charge is 0.225 e. The fourth-order valence-corrected chi connectivity index (χ4v) is 2.86. The Hall–Kier alpha value is -1.75. The summed E-state index contributed by atoms with van der Waals surface area (Å²) in [7, 11) is 0. The van der Waals surface area contributed by atoms with Gasteiger partial charge in [-0.1, -0.05) is 11.6 Å². The van der Waals surface area contributed by atoms with Crippen LogP contribution in [0.15, 0.2) is 6.20 Å². The Bertz CT molecular complexity index is 782. The molecular formula is C14H12Cl2FN5O. The molecule has 0 bridgehead atoms. The first-order valence-electron chi connectivity index (χ1n) is 6.97. The van der Waals surface area contributed by atoms with Crippen molar-refractivity contribution in [1.82, 2.24) is 15.0 Å². The van der Waals surface area contributed by atoms with Crippen molar-refractivity contribution in [3.63, 3.8) is 0 Å². The molecule has 0 amide bonds. The van der Waals surface area contributed by atoms with Crippen LogP contribution in [0.2, 0.25) is 10.4 Å². The molecule has 0 N–H and O–H groups in total. The molecule has 1 unspecified atom stereocenters. The number of halogens is 3. The molecule has 3 heterocycles. The van der Waals surface area contributed by atoms with Gasteiger partial charge in [0.25, 0.3) is 0 Å². The monoisotopic (exact) mass is 355 g/mol. The van der Waals surface area contributed by atoms with E-state index >= 15 is 0 Å². The highest BCUT2D eigenvalue weighted by molar-refractivity contribution is 6.30. The van der Waals surface area contributed by atoms with E-state index in [1.54, 1.807) is 0 Å². The van der Waals surface area contributed by atoms with Crippen LogP contribution in [-0.4, -0.2) is 41.3 Å². The number of nitrogens with zero attached hydrogens (tertiary/aromatic N) is 5. The quantitative estimate of drug-likeness (QED) is 0.609. The summed E-state index contributed by atoms with van der Waals surface area (Å²) in [5.41, 5.74) is 0.0296. The average molecular weight is 356 g/mol. The SMILES string of the molecule is N#CCC1COCCN(c2nc(Cl)nc3c(F)c(Cl)ncc23)C1. The number of rotatable bonds is 2. The standard InChI is InChI=1S/C14H12Cl2FN5O/c15-12-10(17)11-9(5-19-12)13(21-14(16)20-11)22-3-4-23-7-8(6-22)1-2-18/h5,8H,1,3-4,6-7H2. The summed E-state index contributed by atoms with van der Waals surface area (Å²) in [5.74, 6) is -0.220. The second-order valence-electron chi connectivity index (χ2n) is 5.19. The van der Waals surface area contributed by atoms with Crippen LogP contribution in [-0.2, 0) is 4.74 Å². The summed E-state index contributed by atoms with van der Waals surface area (Å²) in [6, 6.07) is 2.15. The van der Waals surface area contributed by atoms with Crippen LogP contribution in [0.4, 0.5) is 10.2 Å². The van der Waals surface area contributed by atoms with Gasteiger partial charge in [-0.2, -0.15) is 10.2 Å². The molecule has 0 aliphatic carbocycles. The van der Waals surface area contributed by atoms with Crippen LogP contribution in [0.25, 0.3) is 10.9 Å². The van der Waals surface area contributed by atoms with Gasteiger partial charge in [0.2, 0.25) is 5.28 Å². The molecule has 1 aliphatic rings. The van der Waals surface area contributed by atoms with Crippen LogP contribution in [0.3, 0.4) is 0 Å². The minimum Gasteiger partial charge on any atom is -0.379 e. The molecule has 6 nitrogen and oxygen atoms in total. The topological polar surface area (TPSA) is 74.9 Å². The van der Waals surface area contributed by atoms with E-state index in [0.29, 0.717) is 43.9 Å². The Morgan fingerprint density at radius 1 is 1.43 bits per heavy atom. The molecule has 0 radical (unpaired) electrons. The Morgan fingerprint density at radius 3 is 3.04 bits per heavy atom. The van der Waals surface area contributed by atoms with Crippen molar-refractivity contribution in [3.05, 3.63) is 22.5 Å². The summed E-state index contributed by atoms with van der Waals surface area (Å²) in [4.78, 5) is 13.9. The van der Waals surface area contributed by atoms with Crippen LogP contribution in [0.5, 0.6) is 0 Å². The highest BCUT2D eigenvalue weighted by atomic mass is 35.5. The highest BCUT2D eigenvalue weighted by Crippen LogP contribution is 2.30. The molecule has 1 fully saturated rings. The summed E-state index contributed by atoms with van der Waals surface area (Å²) in [6.07, 6.45) is 1.79. The Kier molecular flexibility index (Phi) is 4.76. The number of aromatic nitrogens is 3. The lowest BCUT2D eigenvalue weighted by Crippen LogP contribution is -2.31. The van der Waals surface area contributed by atoms with E-state index in [1.165, 1.54) is 6.20 Å². The van der Waals surface area contributed by atoms with E-state index in [4.69, 9.17) is 33.2 Å². The third-order valence-electron chi connectivity index (χ3n) is 3.61. The first-order chi connectivity index (χ1) is 11.1. The molecule has 3 rings (SSSR count). The van der Waals surface area contributed by atoms with E-state index in [-0.39, 0.29) is 21.9 Å². The fraction of sp³-hybridized carbons (Fsp3) is 0.429. The minimum absolute atomic E-state index is 0.0296. The average Bonchev–Trinajstić information content (AvgIpc) is 2.77. The van der Waals surface area contributed by atoms with E-state index < -0.39 is 5.82 Å². The third kappa shape index (κ3) is 3.29. The minimum atomic E-state index is -0.727. The maximum absolute atomic E-state index is 14.2. The second kappa shape index (κ2) is 6.79. The van der Waals surface area contributed by atoms with E-state index in [0.717, 1.165) is 0 Å². The summed E-state index contributed by atoms with van der Waals surface area (Å²) in [6.45, 7) is 2.09. The van der Waals surface area contributed by atoms with Gasteiger partial charge < -0.3 is 9.64 Å². The first kappa shape index (κ1) is 16.1. The fourth-order valence-electron chi connectivity index (χ4n) is 2.56. The zero-order chi connectivity index (χ0) is 16.4. The van der Waals surface area contributed by atoms with Crippen molar-refractivity contribution in [1.29, 1.82) is 5.26 Å². The summed E-state index contributed by atoms with van der Waals surface area (Å²) >= 11 is 11.7. The number of ether oxygens (including phenoxy) is 1. The number of nitriles is 1. The normalized spacial score (nSPS) is 18.7. The van der Waals surface area contributed by atoms with Gasteiger partial charge in [0.05, 0.1) is 24.7 Å². The van der Waals surface area contributed by atoms with Gasteiger partial charge in [0, 0.05) is 31.6 Å². The van der Waals surface area contributed by atoms with Gasteiger partial charge in [0.15, 0.2) is 11.0 Å². The van der Waals surface area contributed by atoms with Gasteiger partial charge in [-0.05, 0) is 11.6 Å². The van der Waals surface area contributed by atoms with E-state index in [1.807, 2.05) is 4.90 Å². The first-order valence-corrected chi connectivity index (χ1v) is 7.72. The molecule has 1 aliphatic heterocycles. The molecule has 120 valence electrons. The lowest BCUT2D eigenvalue weighted by Gasteiger charge is -2.24. The largest absolute Gasteiger partial charge is 0.379 e. The Morgan fingerprint density at radius 2 is 2.26 bits per heavy atom. The molecule has 23 heavy (non-hydrogen) atoms. The summed E-state index contributed by atoms with van der Waals surface area (Å²) in [5, 5.41) is 8.99. The van der Waals surface area contributed by atoms with Crippen molar-refractivity contribution in [3.8, 4) is 6.07 Å². The van der Waals surface area contributed by atoms with Crippen molar-refractivity contribution in [2.24, 2.45) is 5.92 Å². The van der Waals surface area contributed by atoms with Crippen molar-refractivity contribution in [2.45, 2.75) is 6.42 Å². The van der Waals surface area contributed by atoms with Gasteiger partial charge in [-0.25, -0.2) is 14.4 Å².